The zero-order chi connectivity index (χ0) is 18.2. The largest absolute Gasteiger partial charge is 0.481 e. The Morgan fingerprint density at radius 3 is 2.88 bits per heavy atom. The zero-order valence-corrected chi connectivity index (χ0v) is 14.5. The second kappa shape index (κ2) is 9.03. The number of carbonyl (C=O) groups excluding carboxylic acids is 1. The number of aliphatic carboxylic acids is 1. The van der Waals surface area contributed by atoms with E-state index in [0.29, 0.717) is 5.75 Å². The van der Waals surface area contributed by atoms with E-state index in [0.717, 1.165) is 36.0 Å². The number of aromatic nitrogens is 1. The van der Waals surface area contributed by atoms with Crippen LogP contribution in [0.4, 0.5) is 0 Å². The zero-order valence-electron chi connectivity index (χ0n) is 14.5. The minimum absolute atomic E-state index is 0.0375. The van der Waals surface area contributed by atoms with Gasteiger partial charge in [-0.3, -0.25) is 9.59 Å². The fourth-order valence-corrected chi connectivity index (χ4v) is 2.66. The summed E-state index contributed by atoms with van der Waals surface area (Å²) >= 11 is 0. The first-order valence-electron chi connectivity index (χ1n) is 8.32. The number of likely N-dealkylation sites (N-methyl/N-ethyl adjacent to an activating group) is 1. The number of H-pyrrole nitrogens is 1. The smallest absolute Gasteiger partial charge is 0.311 e. The summed E-state index contributed by atoms with van der Waals surface area (Å²) in [5.41, 5.74) is 1.95. The number of rotatable bonds is 10. The van der Waals surface area contributed by atoms with Crippen molar-refractivity contribution in [3.05, 3.63) is 42.6 Å². The molecule has 0 unspecified atom stereocenters. The van der Waals surface area contributed by atoms with Gasteiger partial charge in [-0.1, -0.05) is 18.2 Å². The highest BCUT2D eigenvalue weighted by molar-refractivity contribution is 5.90. The van der Waals surface area contributed by atoms with Gasteiger partial charge in [-0.2, -0.15) is 0 Å². The maximum Gasteiger partial charge on any atom is 0.311 e. The minimum Gasteiger partial charge on any atom is -0.481 e. The summed E-state index contributed by atoms with van der Waals surface area (Å²) in [6.07, 6.45) is 5.01. The van der Waals surface area contributed by atoms with Gasteiger partial charge < -0.3 is 19.7 Å². The molecule has 0 spiro atoms. The van der Waals surface area contributed by atoms with E-state index >= 15 is 0 Å². The van der Waals surface area contributed by atoms with Gasteiger partial charge in [0.15, 0.2) is 5.75 Å². The quantitative estimate of drug-likeness (QED) is 0.393. The first-order chi connectivity index (χ1) is 12.0. The third-order valence-corrected chi connectivity index (χ3v) is 3.96. The Morgan fingerprint density at radius 1 is 1.36 bits per heavy atom. The molecule has 2 aromatic rings. The topological polar surface area (TPSA) is 82.6 Å². The number of nitrogens with zero attached hydrogens (tertiary/aromatic N) is 1. The Hall–Kier alpha value is -2.60. The van der Waals surface area contributed by atoms with Crippen molar-refractivity contribution in [3.8, 4) is 5.75 Å². The standard InChI is InChI=1S/C19H24N2O4/c1-3-11-21(2)12-10-14-13-20-19-15(14)6-4-7-16(19)25-18(24)9-5-8-17(22)23/h3-4,6-7,13,20H,1,5,8-12H2,2H3,(H,22,23). The lowest BCUT2D eigenvalue weighted by atomic mass is 10.1. The molecular weight excluding hydrogens is 320 g/mol. The van der Waals surface area contributed by atoms with Crippen molar-refractivity contribution in [2.45, 2.75) is 25.7 Å². The molecule has 2 N–H and O–H groups in total. The van der Waals surface area contributed by atoms with E-state index in [-0.39, 0.29) is 19.3 Å². The summed E-state index contributed by atoms with van der Waals surface area (Å²) < 4.78 is 5.40. The normalized spacial score (nSPS) is 11.0. The molecule has 2 rings (SSSR count). The SMILES string of the molecule is C=CCN(C)CCc1c[nH]c2c(OC(=O)CCCC(=O)O)cccc12. The van der Waals surface area contributed by atoms with Gasteiger partial charge in [0.2, 0.25) is 0 Å². The van der Waals surface area contributed by atoms with Gasteiger partial charge in [-0.25, -0.2) is 0 Å². The molecule has 0 aliphatic rings. The van der Waals surface area contributed by atoms with Crippen LogP contribution < -0.4 is 4.74 Å². The van der Waals surface area contributed by atoms with Crippen LogP contribution in [-0.2, 0) is 16.0 Å². The second-order valence-corrected chi connectivity index (χ2v) is 6.01. The fraction of sp³-hybridized carbons (Fsp3) is 0.368. The molecule has 6 heteroatoms. The Labute approximate surface area is 147 Å². The van der Waals surface area contributed by atoms with Crippen LogP contribution in [0.2, 0.25) is 0 Å². The molecule has 0 radical (unpaired) electrons. The number of aromatic amines is 1. The number of carboxylic acids is 1. The van der Waals surface area contributed by atoms with Crippen LogP contribution >= 0.6 is 0 Å². The van der Waals surface area contributed by atoms with E-state index in [2.05, 4.69) is 16.5 Å². The molecule has 134 valence electrons. The lowest BCUT2D eigenvalue weighted by Crippen LogP contribution is -2.20. The average molecular weight is 344 g/mol. The summed E-state index contributed by atoms with van der Waals surface area (Å²) in [5, 5.41) is 9.65. The van der Waals surface area contributed by atoms with E-state index in [1.165, 1.54) is 0 Å². The molecule has 0 aliphatic carbocycles. The van der Waals surface area contributed by atoms with Crippen LogP contribution in [-0.4, -0.2) is 47.1 Å². The predicted octanol–water partition coefficient (Wildman–Crippen LogP) is 2.99. The summed E-state index contributed by atoms with van der Waals surface area (Å²) in [7, 11) is 2.04. The van der Waals surface area contributed by atoms with Crippen LogP contribution in [0, 0.1) is 0 Å². The van der Waals surface area contributed by atoms with E-state index in [1.54, 1.807) is 6.07 Å². The average Bonchev–Trinajstić information content (AvgIpc) is 2.97. The Morgan fingerprint density at radius 2 is 2.16 bits per heavy atom. The van der Waals surface area contributed by atoms with Crippen molar-refractivity contribution >= 4 is 22.8 Å². The first-order valence-corrected chi connectivity index (χ1v) is 8.32. The predicted molar refractivity (Wildman–Crippen MR) is 96.8 cm³/mol. The molecule has 6 nitrogen and oxygen atoms in total. The lowest BCUT2D eigenvalue weighted by molar-refractivity contribution is -0.137. The summed E-state index contributed by atoms with van der Waals surface area (Å²) in [6, 6.07) is 5.59. The number of carboxylic acid groups (broad SMARTS) is 1. The van der Waals surface area contributed by atoms with Crippen molar-refractivity contribution in [2.75, 3.05) is 20.1 Å². The maximum absolute atomic E-state index is 11.9. The number of hydrogen-bond donors (Lipinski definition) is 2. The van der Waals surface area contributed by atoms with Crippen molar-refractivity contribution in [2.24, 2.45) is 0 Å². The molecule has 0 fully saturated rings. The first kappa shape index (κ1) is 18.7. The molecule has 0 aliphatic heterocycles. The number of hydrogen-bond acceptors (Lipinski definition) is 4. The van der Waals surface area contributed by atoms with E-state index in [4.69, 9.17) is 9.84 Å². The number of ether oxygens (including phenoxy) is 1. The lowest BCUT2D eigenvalue weighted by Gasteiger charge is -2.13. The summed E-state index contributed by atoms with van der Waals surface area (Å²) in [4.78, 5) is 27.7. The van der Waals surface area contributed by atoms with Gasteiger partial charge in [0.05, 0.1) is 5.52 Å². The number of para-hydroxylation sites is 1. The van der Waals surface area contributed by atoms with Gasteiger partial charge in [-0.15, -0.1) is 6.58 Å². The van der Waals surface area contributed by atoms with E-state index in [1.807, 2.05) is 31.5 Å². The highest BCUT2D eigenvalue weighted by atomic mass is 16.5. The molecule has 0 atom stereocenters. The molecule has 0 amide bonds. The van der Waals surface area contributed by atoms with E-state index in [9.17, 15) is 9.59 Å². The molecule has 0 saturated heterocycles. The molecule has 25 heavy (non-hydrogen) atoms. The van der Waals surface area contributed by atoms with Crippen LogP contribution in [0.25, 0.3) is 10.9 Å². The third-order valence-electron chi connectivity index (χ3n) is 3.96. The van der Waals surface area contributed by atoms with Gasteiger partial charge in [0.25, 0.3) is 0 Å². The number of esters is 1. The molecule has 1 aromatic carbocycles. The number of fused-ring (bicyclic) bond motifs is 1. The molecule has 1 heterocycles. The van der Waals surface area contributed by atoms with Crippen LogP contribution in [0.1, 0.15) is 24.8 Å². The van der Waals surface area contributed by atoms with Gasteiger partial charge in [-0.05, 0) is 31.5 Å². The monoisotopic (exact) mass is 344 g/mol. The third kappa shape index (κ3) is 5.46. The van der Waals surface area contributed by atoms with Crippen LogP contribution in [0.15, 0.2) is 37.1 Å². The van der Waals surface area contributed by atoms with Crippen LogP contribution in [0.3, 0.4) is 0 Å². The van der Waals surface area contributed by atoms with Crippen molar-refractivity contribution in [1.29, 1.82) is 0 Å². The Balaban J connectivity index is 2.03. The number of nitrogens with one attached hydrogen (secondary N) is 1. The van der Waals surface area contributed by atoms with Gasteiger partial charge in [0, 0.05) is 37.5 Å². The van der Waals surface area contributed by atoms with Crippen molar-refractivity contribution in [3.63, 3.8) is 0 Å². The van der Waals surface area contributed by atoms with Crippen molar-refractivity contribution < 1.29 is 19.4 Å². The van der Waals surface area contributed by atoms with Gasteiger partial charge in [0.1, 0.15) is 0 Å². The van der Waals surface area contributed by atoms with Crippen molar-refractivity contribution in [1.82, 2.24) is 9.88 Å². The fourth-order valence-electron chi connectivity index (χ4n) is 2.66. The second-order valence-electron chi connectivity index (χ2n) is 6.01. The Kier molecular flexibility index (Phi) is 6.77. The van der Waals surface area contributed by atoms with Crippen LogP contribution in [0.5, 0.6) is 5.75 Å². The summed E-state index contributed by atoms with van der Waals surface area (Å²) in [5.74, 6) is -0.857. The molecule has 0 saturated carbocycles. The highest BCUT2D eigenvalue weighted by Gasteiger charge is 2.12. The highest BCUT2D eigenvalue weighted by Crippen LogP contribution is 2.28. The minimum atomic E-state index is -0.912. The van der Waals surface area contributed by atoms with E-state index < -0.39 is 11.9 Å². The molecular formula is C19H24N2O4. The number of benzene rings is 1. The maximum atomic E-state index is 11.9. The molecule has 0 bridgehead atoms. The van der Waals surface area contributed by atoms with Gasteiger partial charge >= 0.3 is 11.9 Å². The number of carbonyl (C=O) groups is 2. The Bertz CT molecular complexity index is 751. The molecule has 1 aromatic heterocycles. The summed E-state index contributed by atoms with van der Waals surface area (Å²) in [6.45, 7) is 5.47.